The second-order valence-corrected chi connectivity index (χ2v) is 32.4. The third-order valence-corrected chi connectivity index (χ3v) is 21.0. The molecule has 9 heterocycles. The van der Waals surface area contributed by atoms with Crippen molar-refractivity contribution in [2.24, 2.45) is 0 Å². The summed E-state index contributed by atoms with van der Waals surface area (Å²) in [5.41, 5.74) is 1.18. The van der Waals surface area contributed by atoms with Crippen LogP contribution in [0.1, 0.15) is 250 Å². The minimum atomic E-state index is 0. The fourth-order valence-electron chi connectivity index (χ4n) is 13.4. The highest BCUT2D eigenvalue weighted by atomic mass is 16.3. The summed E-state index contributed by atoms with van der Waals surface area (Å²) in [7, 11) is 8.78. The highest BCUT2D eigenvalue weighted by Crippen LogP contribution is 2.11. The lowest BCUT2D eigenvalue weighted by Gasteiger charge is -2.38. The minimum Gasteiger partial charge on any atom is -0.395 e. The zero-order valence-corrected chi connectivity index (χ0v) is 70.2. The molecule has 9 rings (SSSR count). The second-order valence-electron chi connectivity index (χ2n) is 32.4. The number of β-amino-alcohol motifs (C(OH)–C–C–N with tert-alkyl or cyclic N) is 1. The Bertz CT molecular complexity index is 1870. The van der Waals surface area contributed by atoms with Crippen molar-refractivity contribution in [3.8, 4) is 0 Å². The number of aliphatic hydroxyl groups is 1. The maximum atomic E-state index is 8.74. The molecule has 0 aromatic carbocycles. The van der Waals surface area contributed by atoms with Gasteiger partial charge < -0.3 is 55.8 Å². The van der Waals surface area contributed by atoms with Gasteiger partial charge in [-0.15, -0.1) is 0 Å². The van der Waals surface area contributed by atoms with E-state index in [1.54, 1.807) is 0 Å². The van der Waals surface area contributed by atoms with E-state index < -0.39 is 0 Å². The van der Waals surface area contributed by atoms with Gasteiger partial charge in [0.1, 0.15) is 0 Å². The topological polar surface area (TPSA) is 123 Å². The zero-order chi connectivity index (χ0) is 74.1. The van der Waals surface area contributed by atoms with Crippen LogP contribution >= 0.6 is 0 Å². The number of aromatic nitrogens is 1. The number of hydrogen-bond acceptors (Lipinski definition) is 19. The van der Waals surface area contributed by atoms with Gasteiger partial charge >= 0.3 is 0 Å². The molecule has 0 saturated carbocycles. The fraction of sp³-hybridized carbons (Fsp3) is 0.944. The van der Waals surface area contributed by atoms with E-state index in [1.165, 1.54) is 195 Å². The first-order valence-corrected chi connectivity index (χ1v) is 40.8. The number of likely N-dealkylation sites (N-methyl/N-ethyl adjacent to an activating group) is 3. The maximum absolute atomic E-state index is 8.74. The molecule has 2 atom stereocenters. The van der Waals surface area contributed by atoms with Crippen molar-refractivity contribution in [3.05, 3.63) is 30.1 Å². The van der Waals surface area contributed by atoms with Gasteiger partial charge in [0.2, 0.25) is 0 Å². The first kappa shape index (κ1) is 125. The summed E-state index contributed by atoms with van der Waals surface area (Å²) in [5.74, 6) is 0. The molecule has 19 nitrogen and oxygen atoms in total. The van der Waals surface area contributed by atoms with Crippen molar-refractivity contribution in [1.82, 2.24) is 89.9 Å². The number of piperazine rings is 4. The Hall–Kier alpha value is -1.57. The van der Waals surface area contributed by atoms with Crippen molar-refractivity contribution < 1.29 is 5.11 Å². The second kappa shape index (κ2) is 76.7. The van der Waals surface area contributed by atoms with Crippen molar-refractivity contribution in [3.63, 3.8) is 0 Å². The van der Waals surface area contributed by atoms with E-state index >= 15 is 0 Å². The fourth-order valence-corrected chi connectivity index (χ4v) is 13.4. The monoisotopic (exact) mass is 1550 g/mol. The Labute approximate surface area is 682 Å². The van der Waals surface area contributed by atoms with Gasteiger partial charge in [-0.05, 0) is 296 Å². The molecule has 0 bridgehead atoms. The molecule has 8 aliphatic rings. The molecule has 8 fully saturated rings. The van der Waals surface area contributed by atoms with E-state index in [0.717, 1.165) is 102 Å². The van der Waals surface area contributed by atoms with Gasteiger partial charge in [0, 0.05) is 216 Å². The smallest absolute Gasteiger partial charge is 0.0558 e. The van der Waals surface area contributed by atoms with Crippen molar-refractivity contribution in [2.75, 3.05) is 244 Å². The van der Waals surface area contributed by atoms with Crippen LogP contribution in [0, 0.1) is 0 Å². The Morgan fingerprint density at radius 3 is 0.991 bits per heavy atom. The summed E-state index contributed by atoms with van der Waals surface area (Å²) >= 11 is 0. The number of pyridine rings is 1. The predicted octanol–water partition coefficient (Wildman–Crippen LogP) is 13.9. The van der Waals surface area contributed by atoms with Gasteiger partial charge in [-0.3, -0.25) is 39.3 Å². The van der Waals surface area contributed by atoms with E-state index in [9.17, 15) is 0 Å². The van der Waals surface area contributed by atoms with Crippen LogP contribution in [0.5, 0.6) is 0 Å². The third kappa shape index (κ3) is 63.7. The first-order chi connectivity index (χ1) is 47.0. The van der Waals surface area contributed by atoms with Gasteiger partial charge in [-0.25, -0.2) is 0 Å². The van der Waals surface area contributed by atoms with Crippen LogP contribution in [0.4, 0.5) is 0 Å². The normalized spacial score (nSPS) is 21.1. The summed E-state index contributed by atoms with van der Waals surface area (Å²) in [5, 5.41) is 22.4. The predicted molar refractivity (Wildman–Crippen MR) is 494 cm³/mol. The Balaban J connectivity index is -0.000000145. The molecule has 0 unspecified atom stereocenters. The molecule has 0 spiro atoms. The van der Waals surface area contributed by atoms with Crippen LogP contribution in [0.3, 0.4) is 0 Å². The highest BCUT2D eigenvalue weighted by Gasteiger charge is 2.23. The molecule has 19 heteroatoms. The van der Waals surface area contributed by atoms with Crippen LogP contribution in [-0.4, -0.2) is 384 Å². The van der Waals surface area contributed by atoms with Gasteiger partial charge in [-0.2, -0.15) is 0 Å². The minimum absolute atomic E-state index is 0. The molecular weight excluding hydrogens is 1340 g/mol. The van der Waals surface area contributed by atoms with E-state index in [2.05, 4.69) is 263 Å². The molecule has 8 saturated heterocycles. The molecular formula is C89H208N18O. The molecule has 108 heavy (non-hydrogen) atoms. The standard InChI is InChI=1S/C11H18N2.C10H22N2.C9H20N2O.3C9H20N2.2C8H18N2.C7H16N2.9CH4/c1-10(2)13(3)9-7-11-6-4-5-8-12-11;1-10(2)12-8-4-6-11(3)7-5-9-12;1-9(2)11-5-3-10(4-6-11)7-8-12;1-7(2)11-5-8(3)10-9(4)6-11;1-9(2)11-6-4-5-10(3)7-8-11;1-9(2)11-7-3-5-10-6-4-8-11;1-8(2)10-6-4-9(3)5-7-10;1-8(2)10-6-3-4-9-5-7-10;1-7(2)9-5-3-8-4-6-9;;;;;;;;;/h4-6,8,10H,7,9H2,1-3H3;10H,4-9H2,1-3H3;9,12H,3-8H2,1-2H3;7-10H,5-6H2,1-4H3;9H,4-8H2,1-3H3;9-10H,3-8H2,1-2H3;8H,4-7H2,1-3H3;8-9H,3-7H2,1-2H3;7-8H,3-6H2,1-2H3;9*1H4/t;;;8-,9+;;;;;;;;;;;;;;. The molecule has 1 aromatic heterocycles. The van der Waals surface area contributed by atoms with Gasteiger partial charge in [-0.1, -0.05) is 72.9 Å². The number of nitrogens with one attached hydrogen (secondary N) is 4. The van der Waals surface area contributed by atoms with Crippen LogP contribution in [-0.2, 0) is 6.42 Å². The largest absolute Gasteiger partial charge is 0.395 e. The molecule has 660 valence electrons. The van der Waals surface area contributed by atoms with Crippen LogP contribution in [0.2, 0.25) is 0 Å². The van der Waals surface area contributed by atoms with E-state index in [0.29, 0.717) is 36.8 Å². The van der Waals surface area contributed by atoms with E-state index in [1.807, 2.05) is 18.3 Å². The van der Waals surface area contributed by atoms with E-state index in [4.69, 9.17) is 5.11 Å². The summed E-state index contributed by atoms with van der Waals surface area (Å²) < 4.78 is 0. The SMILES string of the molecule is C.C.C.C.C.C.C.C.C.CC(C)N(C)CCc1ccccn1.CC(C)N1CCCN(C)CC1.CC(C)N1CCCN(C)CCC1.CC(C)N1CCCNCC1.CC(C)N1CCCNCCC1.CC(C)N1CCN(C)CC1.CC(C)N1CCN(CCO)CC1.CC(C)N1CCNCC1.CC(C)N1C[C@@H](C)N[C@@H](C)C1. The molecule has 8 aliphatic heterocycles. The molecule has 0 radical (unpaired) electrons. The Kier molecular flexibility index (Phi) is 88.5. The molecule has 0 aliphatic carbocycles. The number of hydrogen-bond donors (Lipinski definition) is 5. The van der Waals surface area contributed by atoms with Gasteiger partial charge in [0.15, 0.2) is 0 Å². The summed E-state index contributed by atoms with van der Waals surface area (Å²) in [6.07, 6.45) is 10.8. The number of rotatable bonds is 14. The lowest BCUT2D eigenvalue weighted by Crippen LogP contribution is -2.55. The maximum Gasteiger partial charge on any atom is 0.0558 e. The van der Waals surface area contributed by atoms with Crippen molar-refractivity contribution in [1.29, 1.82) is 0 Å². The van der Waals surface area contributed by atoms with E-state index in [-0.39, 0.29) is 66.8 Å². The Morgan fingerprint density at radius 1 is 0.370 bits per heavy atom. The molecule has 5 N–H and O–H groups in total. The number of aliphatic hydroxyl groups excluding tert-OH is 1. The number of nitrogens with zero attached hydrogens (tertiary/aromatic N) is 14. The average molecular weight is 1550 g/mol. The highest BCUT2D eigenvalue weighted by molar-refractivity contribution is 5.03. The van der Waals surface area contributed by atoms with Crippen molar-refractivity contribution >= 4 is 0 Å². The van der Waals surface area contributed by atoms with Gasteiger partial charge in [0.25, 0.3) is 0 Å². The zero-order valence-electron chi connectivity index (χ0n) is 70.2. The molecule has 0 amide bonds. The summed E-state index contributed by atoms with van der Waals surface area (Å²) in [4.78, 5) is 36.5. The first-order valence-electron chi connectivity index (χ1n) is 40.8. The van der Waals surface area contributed by atoms with Crippen LogP contribution in [0.15, 0.2) is 24.4 Å². The van der Waals surface area contributed by atoms with Crippen molar-refractivity contribution in [2.45, 2.75) is 317 Å². The molecule has 1 aromatic rings. The summed E-state index contributed by atoms with van der Waals surface area (Å²) in [6, 6.07) is 13.7. The average Bonchev–Trinajstić information content (AvgIpc) is 0.923. The lowest BCUT2D eigenvalue weighted by atomic mass is 10.1. The lowest BCUT2D eigenvalue weighted by molar-refractivity contribution is 0.0939. The van der Waals surface area contributed by atoms with Gasteiger partial charge in [0.05, 0.1) is 6.61 Å². The third-order valence-electron chi connectivity index (χ3n) is 21.0. The summed E-state index contributed by atoms with van der Waals surface area (Å²) in [6.45, 7) is 84.0. The van der Waals surface area contributed by atoms with Crippen LogP contribution in [0.25, 0.3) is 0 Å². The quantitative estimate of drug-likeness (QED) is 0.121. The van der Waals surface area contributed by atoms with Crippen LogP contribution < -0.4 is 21.3 Å². The Morgan fingerprint density at radius 2 is 0.657 bits per heavy atom.